The van der Waals surface area contributed by atoms with Gasteiger partial charge < -0.3 is 4.90 Å². The molecule has 0 saturated heterocycles. The molecule has 1 heteroatoms. The van der Waals surface area contributed by atoms with Gasteiger partial charge in [-0.05, 0) is 105 Å². The molecule has 8 rings (SSSR count). The number of nitrogens with zero attached hydrogens (tertiary/aromatic N) is 1. The van der Waals surface area contributed by atoms with Crippen LogP contribution in [0, 0.1) is 0 Å². The third-order valence-electron chi connectivity index (χ3n) is 10.3. The molecule has 1 nitrogen and oxygen atoms in total. The maximum atomic E-state index is 2.57. The lowest BCUT2D eigenvalue weighted by Crippen LogP contribution is -2.35. The van der Waals surface area contributed by atoms with Gasteiger partial charge in [-0.2, -0.15) is 0 Å². The summed E-state index contributed by atoms with van der Waals surface area (Å²) in [5.74, 6) is 0. The molecule has 1 atom stereocenters. The van der Waals surface area contributed by atoms with Crippen molar-refractivity contribution in [3.8, 4) is 11.1 Å². The Bertz CT molecular complexity index is 2020. The maximum absolute atomic E-state index is 2.57. The molecule has 216 valence electrons. The third-order valence-corrected chi connectivity index (χ3v) is 10.3. The van der Waals surface area contributed by atoms with Crippen molar-refractivity contribution in [2.24, 2.45) is 0 Å². The summed E-state index contributed by atoms with van der Waals surface area (Å²) < 4.78 is 0. The lowest BCUT2D eigenvalue weighted by molar-refractivity contribution is 0.605. The Morgan fingerprint density at radius 2 is 1.59 bits per heavy atom. The first-order chi connectivity index (χ1) is 21.3. The first-order valence-electron chi connectivity index (χ1n) is 16.0. The molecule has 4 aliphatic rings. The fraction of sp³-hybridized carbons (Fsp3) is 0.209. The van der Waals surface area contributed by atoms with Crippen molar-refractivity contribution >= 4 is 28.6 Å². The highest BCUT2D eigenvalue weighted by atomic mass is 15.2. The second kappa shape index (κ2) is 9.96. The van der Waals surface area contributed by atoms with E-state index in [1.54, 1.807) is 0 Å². The predicted octanol–water partition coefficient (Wildman–Crippen LogP) is 11.1. The Morgan fingerprint density at radius 3 is 2.45 bits per heavy atom. The van der Waals surface area contributed by atoms with Crippen LogP contribution >= 0.6 is 0 Å². The van der Waals surface area contributed by atoms with Gasteiger partial charge in [0.05, 0.1) is 6.04 Å². The average molecular weight is 570 g/mol. The molecule has 0 aromatic heterocycles. The summed E-state index contributed by atoms with van der Waals surface area (Å²) in [6, 6.07) is 30.0. The Kier molecular flexibility index (Phi) is 6.10. The van der Waals surface area contributed by atoms with E-state index in [2.05, 4.69) is 166 Å². The largest absolute Gasteiger partial charge is 0.334 e. The molecule has 0 radical (unpaired) electrons. The Morgan fingerprint density at radius 1 is 0.727 bits per heavy atom. The van der Waals surface area contributed by atoms with Gasteiger partial charge in [0, 0.05) is 22.2 Å². The summed E-state index contributed by atoms with van der Waals surface area (Å²) in [6.45, 7) is 9.34. The van der Waals surface area contributed by atoms with Gasteiger partial charge in [-0.3, -0.25) is 0 Å². The first-order valence-corrected chi connectivity index (χ1v) is 16.0. The molecule has 4 aromatic carbocycles. The van der Waals surface area contributed by atoms with E-state index in [0.717, 1.165) is 12.8 Å². The number of fused-ring (bicyclic) bond motifs is 5. The minimum atomic E-state index is -0.00313. The highest BCUT2D eigenvalue weighted by Gasteiger charge is 2.34. The van der Waals surface area contributed by atoms with Crippen LogP contribution in [0.5, 0.6) is 0 Å². The third kappa shape index (κ3) is 4.37. The van der Waals surface area contributed by atoms with Gasteiger partial charge >= 0.3 is 0 Å². The highest BCUT2D eigenvalue weighted by Crippen LogP contribution is 2.46. The Labute approximate surface area is 261 Å². The molecule has 4 aliphatic carbocycles. The molecular formula is C43H39N. The van der Waals surface area contributed by atoms with Crippen molar-refractivity contribution in [2.75, 3.05) is 4.90 Å². The summed E-state index contributed by atoms with van der Waals surface area (Å²) >= 11 is 0. The van der Waals surface area contributed by atoms with Gasteiger partial charge in [0.1, 0.15) is 0 Å². The van der Waals surface area contributed by atoms with Crippen LogP contribution < -0.4 is 4.90 Å². The molecule has 0 saturated carbocycles. The fourth-order valence-electron chi connectivity index (χ4n) is 7.67. The highest BCUT2D eigenvalue weighted by molar-refractivity contribution is 5.91. The monoisotopic (exact) mass is 569 g/mol. The molecule has 44 heavy (non-hydrogen) atoms. The summed E-state index contributed by atoms with van der Waals surface area (Å²) in [7, 11) is 0. The summed E-state index contributed by atoms with van der Waals surface area (Å²) in [5.41, 5.74) is 13.5. The van der Waals surface area contributed by atoms with E-state index < -0.39 is 0 Å². The van der Waals surface area contributed by atoms with E-state index in [1.807, 2.05) is 0 Å². The van der Waals surface area contributed by atoms with Gasteiger partial charge in [-0.1, -0.05) is 124 Å². The molecule has 0 aliphatic heterocycles. The first kappa shape index (κ1) is 27.0. The quantitative estimate of drug-likeness (QED) is 0.236. The number of hydrogen-bond donors (Lipinski definition) is 0. The van der Waals surface area contributed by atoms with Crippen LogP contribution in [0.4, 0.5) is 5.69 Å². The van der Waals surface area contributed by atoms with Crippen LogP contribution in [0.3, 0.4) is 0 Å². The predicted molar refractivity (Wildman–Crippen MR) is 189 cm³/mol. The van der Waals surface area contributed by atoms with E-state index in [1.165, 1.54) is 66.7 Å². The average Bonchev–Trinajstić information content (AvgIpc) is 3.29. The summed E-state index contributed by atoms with van der Waals surface area (Å²) in [4.78, 5) is 2.57. The molecule has 1 unspecified atom stereocenters. The molecule has 0 amide bonds. The molecule has 0 fully saturated rings. The van der Waals surface area contributed by atoms with Crippen molar-refractivity contribution < 1.29 is 0 Å². The SMILES string of the molecule is CC1(C)C=Cc2cc3cc(-c4cccc(N(C5=CC=C6CC5=Cc5ccccc5C6(C)C)C5C=CC=CC5)c4)ccc3cc21. The lowest BCUT2D eigenvalue weighted by Gasteiger charge is -2.38. The van der Waals surface area contributed by atoms with Crippen LogP contribution in [-0.4, -0.2) is 6.04 Å². The number of benzene rings is 4. The number of allylic oxidation sites excluding steroid dienone is 7. The van der Waals surface area contributed by atoms with Crippen LogP contribution in [0.2, 0.25) is 0 Å². The second-order valence-electron chi connectivity index (χ2n) is 13.9. The Hall–Kier alpha value is -4.62. The van der Waals surface area contributed by atoms with Crippen LogP contribution in [0.25, 0.3) is 34.1 Å². The van der Waals surface area contributed by atoms with Gasteiger partial charge in [-0.25, -0.2) is 0 Å². The van der Waals surface area contributed by atoms with Crippen LogP contribution in [-0.2, 0) is 10.8 Å². The van der Waals surface area contributed by atoms with Gasteiger partial charge in [0.15, 0.2) is 0 Å². The van der Waals surface area contributed by atoms with Crippen molar-refractivity contribution in [3.63, 3.8) is 0 Å². The summed E-state index contributed by atoms with van der Waals surface area (Å²) in [5, 5.41) is 2.60. The fourth-order valence-corrected chi connectivity index (χ4v) is 7.67. The zero-order valence-electron chi connectivity index (χ0n) is 26.1. The smallest absolute Gasteiger partial charge is 0.0559 e. The standard InChI is InChI=1S/C43H39N/c1-42(2)22-21-33-24-34-23-30(17-18-31(34)28-40(33)42)29-12-10-15-38(27-29)44(37-13-6-5-7-14-37)41-20-19-36-26-35(41)25-32-11-8-9-16-39(32)43(36,3)4/h5-13,15-25,27-28,37H,14,26H2,1-4H3. The van der Waals surface area contributed by atoms with E-state index in [0.29, 0.717) is 0 Å². The van der Waals surface area contributed by atoms with E-state index in [4.69, 9.17) is 0 Å². The van der Waals surface area contributed by atoms with Crippen LogP contribution in [0.1, 0.15) is 62.8 Å². The van der Waals surface area contributed by atoms with E-state index in [-0.39, 0.29) is 16.9 Å². The Balaban J connectivity index is 1.23. The molecular weight excluding hydrogens is 530 g/mol. The van der Waals surface area contributed by atoms with E-state index >= 15 is 0 Å². The van der Waals surface area contributed by atoms with Gasteiger partial charge in [0.25, 0.3) is 0 Å². The van der Waals surface area contributed by atoms with Crippen LogP contribution in [0.15, 0.2) is 138 Å². The second-order valence-corrected chi connectivity index (χ2v) is 13.9. The normalized spacial score (nSPS) is 20.4. The van der Waals surface area contributed by atoms with Gasteiger partial charge in [0.2, 0.25) is 0 Å². The number of hydrogen-bond acceptors (Lipinski definition) is 1. The minimum Gasteiger partial charge on any atom is -0.334 e. The van der Waals surface area contributed by atoms with Gasteiger partial charge in [-0.15, -0.1) is 0 Å². The lowest BCUT2D eigenvalue weighted by atomic mass is 9.74. The summed E-state index contributed by atoms with van der Waals surface area (Å²) in [6.07, 6.45) is 22.8. The molecule has 0 N–H and O–H groups in total. The zero-order valence-corrected chi connectivity index (χ0v) is 26.1. The molecule has 4 aromatic rings. The number of anilines is 1. The number of rotatable bonds is 4. The molecule has 0 heterocycles. The van der Waals surface area contributed by atoms with Crippen molar-refractivity contribution in [1.82, 2.24) is 0 Å². The molecule has 2 bridgehead atoms. The zero-order chi connectivity index (χ0) is 30.1. The van der Waals surface area contributed by atoms with Crippen molar-refractivity contribution in [2.45, 2.75) is 57.4 Å². The molecule has 0 spiro atoms. The van der Waals surface area contributed by atoms with Crippen molar-refractivity contribution in [3.05, 3.63) is 160 Å². The minimum absolute atomic E-state index is 0.00313. The van der Waals surface area contributed by atoms with E-state index in [9.17, 15) is 0 Å². The topological polar surface area (TPSA) is 3.24 Å². The van der Waals surface area contributed by atoms with Crippen molar-refractivity contribution in [1.29, 1.82) is 0 Å². The maximum Gasteiger partial charge on any atom is 0.0559 e.